The van der Waals surface area contributed by atoms with Crippen LogP contribution >= 0.6 is 0 Å². The van der Waals surface area contributed by atoms with Gasteiger partial charge in [0.15, 0.2) is 6.20 Å². The van der Waals surface area contributed by atoms with Crippen molar-refractivity contribution in [1.29, 1.82) is 0 Å². The molecule has 7 rings (SSSR count). The maximum Gasteiger partial charge on any atom is 0.216 e. The van der Waals surface area contributed by atoms with E-state index in [4.69, 9.17) is 4.42 Å². The fourth-order valence-electron chi connectivity index (χ4n) is 6.44. The molecule has 4 aromatic carbocycles. The Morgan fingerprint density at radius 1 is 0.811 bits per heavy atom. The molecule has 1 saturated carbocycles. The molecule has 0 bridgehead atoms. The van der Waals surface area contributed by atoms with Gasteiger partial charge < -0.3 is 4.42 Å². The van der Waals surface area contributed by atoms with E-state index in [0.717, 1.165) is 64.4 Å². The summed E-state index contributed by atoms with van der Waals surface area (Å²) in [5.74, 6) is -0.541. The molecule has 0 saturated heterocycles. The Bertz CT molecular complexity index is 1880. The molecule has 2 heteroatoms. The van der Waals surface area contributed by atoms with Gasteiger partial charge in [0.1, 0.15) is 18.2 Å². The topological polar surface area (TPSA) is 17.0 Å². The number of hydrogen-bond acceptors (Lipinski definition) is 1. The summed E-state index contributed by atoms with van der Waals surface area (Å²) in [6.45, 7) is 6.84. The molecule has 0 radical (unpaired) electrons. The summed E-state index contributed by atoms with van der Waals surface area (Å²) in [6, 6.07) is 26.1. The zero-order valence-electron chi connectivity index (χ0n) is 23.2. The zero-order chi connectivity index (χ0) is 26.2. The van der Waals surface area contributed by atoms with Gasteiger partial charge in [-0.05, 0) is 71.2 Å². The van der Waals surface area contributed by atoms with Gasteiger partial charge in [0.2, 0.25) is 5.69 Å². The first-order chi connectivity index (χ1) is 18.3. The molecule has 2 heterocycles. The van der Waals surface area contributed by atoms with Crippen molar-refractivity contribution in [3.8, 4) is 11.3 Å². The third-order valence-corrected chi connectivity index (χ3v) is 8.75. The molecule has 37 heavy (non-hydrogen) atoms. The zero-order valence-corrected chi connectivity index (χ0v) is 22.2. The lowest BCUT2D eigenvalue weighted by Gasteiger charge is -2.34. The molecular weight excluding hydrogens is 450 g/mol. The Hall–Kier alpha value is -3.65. The van der Waals surface area contributed by atoms with Gasteiger partial charge in [-0.1, -0.05) is 74.5 Å². The van der Waals surface area contributed by atoms with Gasteiger partial charge in [0.25, 0.3) is 0 Å². The number of fused-ring (bicyclic) bond motifs is 8. The lowest BCUT2D eigenvalue weighted by Crippen LogP contribution is -2.31. The highest BCUT2D eigenvalue weighted by Gasteiger charge is 2.29. The average Bonchev–Trinajstić information content (AvgIpc) is 3.31. The highest BCUT2D eigenvalue weighted by molar-refractivity contribution is 6.30. The third kappa shape index (κ3) is 3.49. The van der Waals surface area contributed by atoms with Crippen molar-refractivity contribution in [3.63, 3.8) is 0 Å². The third-order valence-electron chi connectivity index (χ3n) is 8.75. The summed E-state index contributed by atoms with van der Waals surface area (Å²) >= 11 is 0. The number of nitrogens with zero attached hydrogens (tertiary/aromatic N) is 1. The molecule has 184 valence electrons. The number of rotatable bonds is 2. The number of hydrogen-bond donors (Lipinski definition) is 0. The van der Waals surface area contributed by atoms with Crippen LogP contribution in [-0.2, 0) is 7.05 Å². The number of benzene rings is 4. The van der Waals surface area contributed by atoms with Crippen molar-refractivity contribution in [2.75, 3.05) is 0 Å². The first-order valence-electron chi connectivity index (χ1n) is 14.0. The monoisotopic (exact) mass is 485 g/mol. The highest BCUT2D eigenvalue weighted by atomic mass is 16.3. The SMILES string of the molecule is [2H]C1(c2cc[n+](C)c(-c3c(C)ccc4c3oc3c5ccccc5c5ccccc5c43)c2)CCC(C)(C)CC1. The van der Waals surface area contributed by atoms with Crippen LogP contribution in [-0.4, -0.2) is 0 Å². The second-order valence-electron chi connectivity index (χ2n) is 11.7. The van der Waals surface area contributed by atoms with Gasteiger partial charge >= 0.3 is 0 Å². The number of aromatic nitrogens is 1. The number of furan rings is 1. The summed E-state index contributed by atoms with van der Waals surface area (Å²) in [4.78, 5) is 0. The fourth-order valence-corrected chi connectivity index (χ4v) is 6.44. The van der Waals surface area contributed by atoms with Crippen LogP contribution in [0, 0.1) is 12.3 Å². The van der Waals surface area contributed by atoms with Gasteiger partial charge in [-0.3, -0.25) is 0 Å². The van der Waals surface area contributed by atoms with E-state index in [9.17, 15) is 1.37 Å². The Labute approximate surface area is 219 Å². The predicted octanol–water partition coefficient (Wildman–Crippen LogP) is 9.38. The highest BCUT2D eigenvalue weighted by Crippen LogP contribution is 2.45. The Morgan fingerprint density at radius 3 is 2.19 bits per heavy atom. The van der Waals surface area contributed by atoms with Gasteiger partial charge in [-0.2, -0.15) is 0 Å². The van der Waals surface area contributed by atoms with E-state index >= 15 is 0 Å². The molecule has 0 spiro atoms. The molecule has 0 aliphatic heterocycles. The van der Waals surface area contributed by atoms with Crippen molar-refractivity contribution in [2.45, 2.75) is 52.3 Å². The molecule has 1 fully saturated rings. The second kappa shape index (κ2) is 8.18. The van der Waals surface area contributed by atoms with Gasteiger partial charge in [-0.25, -0.2) is 4.57 Å². The second-order valence-corrected chi connectivity index (χ2v) is 11.7. The summed E-state index contributed by atoms with van der Waals surface area (Å²) in [6.07, 6.45) is 6.11. The number of aryl methyl sites for hydroxylation is 2. The Kier molecular flexibility index (Phi) is 4.74. The van der Waals surface area contributed by atoms with Gasteiger partial charge in [0, 0.05) is 29.7 Å². The molecule has 2 nitrogen and oxygen atoms in total. The quantitative estimate of drug-likeness (QED) is 0.176. The smallest absolute Gasteiger partial charge is 0.216 e. The van der Waals surface area contributed by atoms with Crippen LogP contribution in [0.4, 0.5) is 0 Å². The van der Waals surface area contributed by atoms with Crippen LogP contribution < -0.4 is 4.57 Å². The molecule has 0 N–H and O–H groups in total. The largest absolute Gasteiger partial charge is 0.454 e. The van der Waals surface area contributed by atoms with Crippen molar-refractivity contribution in [1.82, 2.24) is 0 Å². The molecular formula is C35H34NO+. The maximum atomic E-state index is 9.42. The van der Waals surface area contributed by atoms with E-state index in [1.807, 2.05) is 0 Å². The predicted molar refractivity (Wildman–Crippen MR) is 155 cm³/mol. The Balaban J connectivity index is 1.52. The molecule has 6 aromatic rings. The van der Waals surface area contributed by atoms with Gasteiger partial charge in [-0.15, -0.1) is 0 Å². The van der Waals surface area contributed by atoms with Crippen LogP contribution in [0.15, 0.2) is 83.4 Å². The van der Waals surface area contributed by atoms with Crippen molar-refractivity contribution >= 4 is 43.5 Å². The first kappa shape index (κ1) is 21.4. The van der Waals surface area contributed by atoms with Crippen LogP contribution in [0.5, 0.6) is 0 Å². The summed E-state index contributed by atoms with van der Waals surface area (Å²) in [7, 11) is 2.10. The van der Waals surface area contributed by atoms with E-state index < -0.39 is 5.89 Å². The van der Waals surface area contributed by atoms with E-state index in [0.29, 0.717) is 5.41 Å². The van der Waals surface area contributed by atoms with Crippen molar-refractivity contribution in [3.05, 3.63) is 90.1 Å². The maximum absolute atomic E-state index is 9.42. The Morgan fingerprint density at radius 2 is 1.46 bits per heavy atom. The van der Waals surface area contributed by atoms with E-state index in [1.54, 1.807) is 0 Å². The molecule has 2 aromatic heterocycles. The van der Waals surface area contributed by atoms with Crippen molar-refractivity contribution in [2.24, 2.45) is 12.5 Å². The van der Waals surface area contributed by atoms with E-state index in [2.05, 4.69) is 111 Å². The van der Waals surface area contributed by atoms with Crippen molar-refractivity contribution < 1.29 is 10.4 Å². The lowest BCUT2D eigenvalue weighted by atomic mass is 9.71. The van der Waals surface area contributed by atoms with E-state index in [-0.39, 0.29) is 0 Å². The minimum absolute atomic E-state index is 0.328. The van der Waals surface area contributed by atoms with Gasteiger partial charge in [0.05, 0.1) is 5.56 Å². The molecule has 0 unspecified atom stereocenters. The molecule has 1 aliphatic rings. The molecule has 1 aliphatic carbocycles. The summed E-state index contributed by atoms with van der Waals surface area (Å²) in [5, 5.41) is 7.17. The van der Waals surface area contributed by atoms with E-state index in [1.165, 1.54) is 27.1 Å². The van der Waals surface area contributed by atoms with Crippen LogP contribution in [0.25, 0.3) is 54.7 Å². The summed E-state index contributed by atoms with van der Waals surface area (Å²) in [5.41, 5.74) is 6.73. The average molecular weight is 486 g/mol. The van der Waals surface area contributed by atoms with Crippen LogP contribution in [0.1, 0.15) is 57.9 Å². The summed E-state index contributed by atoms with van der Waals surface area (Å²) < 4.78 is 18.5. The number of pyridine rings is 1. The van der Waals surface area contributed by atoms with Crippen LogP contribution in [0.3, 0.4) is 0 Å². The minimum Gasteiger partial charge on any atom is -0.454 e. The fraction of sp³-hybridized carbons (Fsp3) is 0.286. The lowest BCUT2D eigenvalue weighted by molar-refractivity contribution is -0.660. The minimum atomic E-state index is -0.541. The normalized spacial score (nSPS) is 17.6. The first-order valence-corrected chi connectivity index (χ1v) is 13.5. The molecule has 0 atom stereocenters. The van der Waals surface area contributed by atoms with Crippen LogP contribution in [0.2, 0.25) is 0 Å². The standard InChI is InChI=1S/C35H34NO/c1-22-13-14-29-32-27-11-7-5-9-25(27)26-10-6-8-12-28(26)33(32)37-34(29)31(22)30-21-24(17-20-36(30)4)23-15-18-35(2,3)19-16-23/h5-14,17,20-21,23H,15-16,18-19H2,1-4H3/q+1/i23D. The molecule has 0 amide bonds.